The number of rotatable bonds is 0. The average molecular weight is 147 g/mol. The van der Waals surface area contributed by atoms with Gasteiger partial charge in [-0.05, 0) is 6.92 Å². The van der Waals surface area contributed by atoms with Crippen LogP contribution < -0.4 is 0 Å². The van der Waals surface area contributed by atoms with Crippen molar-refractivity contribution in [3.05, 3.63) is 29.3 Å². The zero-order chi connectivity index (χ0) is 7.72. The van der Waals surface area contributed by atoms with E-state index in [-0.39, 0.29) is 5.69 Å². The average Bonchev–Trinajstić information content (AvgIpc) is 1.93. The van der Waals surface area contributed by atoms with E-state index in [9.17, 15) is 13.2 Å². The third kappa shape index (κ3) is 0.964. The zero-order valence-corrected chi connectivity index (χ0v) is 5.16. The maximum atomic E-state index is 12.3. The topological polar surface area (TPSA) is 12.9 Å². The fourth-order valence-corrected chi connectivity index (χ4v) is 0.531. The lowest BCUT2D eigenvalue weighted by atomic mass is 10.3. The summed E-state index contributed by atoms with van der Waals surface area (Å²) in [6.45, 7) is 1.26. The first-order valence-corrected chi connectivity index (χ1v) is 2.59. The fraction of sp³-hybridized carbons (Fsp3) is 0.167. The van der Waals surface area contributed by atoms with Crippen LogP contribution in [0.5, 0.6) is 0 Å². The molecule has 1 aromatic heterocycles. The molecule has 0 bridgehead atoms. The van der Waals surface area contributed by atoms with Crippen LogP contribution in [0.4, 0.5) is 13.2 Å². The molecule has 0 saturated carbocycles. The van der Waals surface area contributed by atoms with Crippen molar-refractivity contribution in [2.45, 2.75) is 6.92 Å². The third-order valence-electron chi connectivity index (χ3n) is 1.09. The number of nitrogens with zero attached hydrogens (tertiary/aromatic N) is 1. The van der Waals surface area contributed by atoms with Crippen molar-refractivity contribution < 1.29 is 13.2 Å². The molecule has 54 valence electrons. The third-order valence-corrected chi connectivity index (χ3v) is 1.09. The van der Waals surface area contributed by atoms with E-state index in [1.54, 1.807) is 0 Å². The Morgan fingerprint density at radius 2 is 1.80 bits per heavy atom. The van der Waals surface area contributed by atoms with Crippen molar-refractivity contribution in [2.75, 3.05) is 0 Å². The molecule has 1 aromatic rings. The van der Waals surface area contributed by atoms with Crippen LogP contribution >= 0.6 is 0 Å². The first-order chi connectivity index (χ1) is 4.63. The second kappa shape index (κ2) is 2.28. The molecular weight excluding hydrogens is 143 g/mol. The highest BCUT2D eigenvalue weighted by Gasteiger charge is 2.10. The Morgan fingerprint density at radius 1 is 1.20 bits per heavy atom. The van der Waals surface area contributed by atoms with Gasteiger partial charge in [-0.15, -0.1) is 0 Å². The van der Waals surface area contributed by atoms with Gasteiger partial charge in [-0.3, -0.25) is 4.98 Å². The SMILES string of the molecule is Cc1ncc(F)c(F)c1F. The molecule has 0 aliphatic carbocycles. The van der Waals surface area contributed by atoms with Crippen LogP contribution in [0.15, 0.2) is 6.20 Å². The number of hydrogen-bond donors (Lipinski definition) is 0. The maximum absolute atomic E-state index is 12.3. The molecule has 0 radical (unpaired) electrons. The van der Waals surface area contributed by atoms with Gasteiger partial charge in [0.25, 0.3) is 0 Å². The predicted molar refractivity (Wildman–Crippen MR) is 28.8 cm³/mol. The van der Waals surface area contributed by atoms with E-state index in [1.165, 1.54) is 6.92 Å². The van der Waals surface area contributed by atoms with Gasteiger partial charge >= 0.3 is 0 Å². The van der Waals surface area contributed by atoms with E-state index in [2.05, 4.69) is 4.98 Å². The lowest BCUT2D eigenvalue weighted by Gasteiger charge is -1.95. The lowest BCUT2D eigenvalue weighted by molar-refractivity contribution is 0.436. The Bertz CT molecular complexity index is 232. The molecule has 0 atom stereocenters. The van der Waals surface area contributed by atoms with Gasteiger partial charge in [-0.1, -0.05) is 0 Å². The normalized spacial score (nSPS) is 10.0. The molecule has 0 aromatic carbocycles. The van der Waals surface area contributed by atoms with E-state index in [4.69, 9.17) is 0 Å². The predicted octanol–water partition coefficient (Wildman–Crippen LogP) is 1.81. The van der Waals surface area contributed by atoms with Gasteiger partial charge in [0, 0.05) is 0 Å². The van der Waals surface area contributed by atoms with Crippen molar-refractivity contribution in [3.63, 3.8) is 0 Å². The van der Waals surface area contributed by atoms with Gasteiger partial charge in [-0.25, -0.2) is 13.2 Å². The molecule has 0 N–H and O–H groups in total. The maximum Gasteiger partial charge on any atom is 0.197 e. The van der Waals surface area contributed by atoms with Crippen molar-refractivity contribution in [1.29, 1.82) is 0 Å². The zero-order valence-electron chi connectivity index (χ0n) is 5.16. The van der Waals surface area contributed by atoms with Crippen LogP contribution in [0.25, 0.3) is 0 Å². The molecule has 0 amide bonds. The monoisotopic (exact) mass is 147 g/mol. The Labute approximate surface area is 55.5 Å². The van der Waals surface area contributed by atoms with Gasteiger partial charge in [-0.2, -0.15) is 0 Å². The van der Waals surface area contributed by atoms with Crippen LogP contribution in [0.1, 0.15) is 5.69 Å². The molecule has 0 aliphatic heterocycles. The minimum Gasteiger partial charge on any atom is -0.255 e. The number of aromatic nitrogens is 1. The van der Waals surface area contributed by atoms with Gasteiger partial charge in [0.2, 0.25) is 0 Å². The molecule has 0 spiro atoms. The second-order valence-electron chi connectivity index (χ2n) is 1.82. The first-order valence-electron chi connectivity index (χ1n) is 2.59. The van der Waals surface area contributed by atoms with Crippen LogP contribution in [-0.4, -0.2) is 4.98 Å². The summed E-state index contributed by atoms with van der Waals surface area (Å²) in [5.74, 6) is -3.95. The Balaban J connectivity index is 3.34. The van der Waals surface area contributed by atoms with Crippen LogP contribution in [-0.2, 0) is 0 Å². The lowest BCUT2D eigenvalue weighted by Crippen LogP contribution is -1.96. The van der Waals surface area contributed by atoms with E-state index in [1.807, 2.05) is 0 Å². The number of pyridine rings is 1. The highest BCUT2D eigenvalue weighted by atomic mass is 19.2. The van der Waals surface area contributed by atoms with Gasteiger partial charge in [0.1, 0.15) is 0 Å². The largest absolute Gasteiger partial charge is 0.255 e. The van der Waals surface area contributed by atoms with Crippen molar-refractivity contribution in [1.82, 2.24) is 4.98 Å². The van der Waals surface area contributed by atoms with Gasteiger partial charge in [0.05, 0.1) is 11.9 Å². The summed E-state index contributed by atoms with van der Waals surface area (Å²) in [6, 6.07) is 0. The quantitative estimate of drug-likeness (QED) is 0.545. The van der Waals surface area contributed by atoms with Crippen molar-refractivity contribution >= 4 is 0 Å². The minimum atomic E-state index is -1.47. The molecule has 0 aliphatic rings. The summed E-state index contributed by atoms with van der Waals surface area (Å²) in [5.41, 5.74) is -0.140. The van der Waals surface area contributed by atoms with E-state index in [0.717, 1.165) is 0 Å². The van der Waals surface area contributed by atoms with Gasteiger partial charge in [0.15, 0.2) is 17.5 Å². The molecule has 0 saturated heterocycles. The molecule has 0 unspecified atom stereocenters. The summed E-state index contributed by atoms with van der Waals surface area (Å²) >= 11 is 0. The molecular formula is C6H4F3N. The van der Waals surface area contributed by atoms with E-state index < -0.39 is 17.5 Å². The van der Waals surface area contributed by atoms with E-state index in [0.29, 0.717) is 6.20 Å². The molecule has 1 rings (SSSR count). The summed E-state index contributed by atoms with van der Waals surface area (Å²) in [4.78, 5) is 3.25. The van der Waals surface area contributed by atoms with Crippen LogP contribution in [0.2, 0.25) is 0 Å². The number of halogens is 3. The smallest absolute Gasteiger partial charge is 0.197 e. The number of aryl methyl sites for hydroxylation is 1. The highest BCUT2D eigenvalue weighted by Crippen LogP contribution is 2.10. The van der Waals surface area contributed by atoms with Crippen LogP contribution in [0, 0.1) is 24.4 Å². The van der Waals surface area contributed by atoms with E-state index >= 15 is 0 Å². The summed E-state index contributed by atoms with van der Waals surface area (Å²) in [6.07, 6.45) is 0.647. The van der Waals surface area contributed by atoms with Crippen molar-refractivity contribution in [3.8, 4) is 0 Å². The number of hydrogen-bond acceptors (Lipinski definition) is 1. The summed E-state index contributed by atoms with van der Waals surface area (Å²) in [5, 5.41) is 0. The second-order valence-corrected chi connectivity index (χ2v) is 1.82. The highest BCUT2D eigenvalue weighted by molar-refractivity contribution is 5.08. The summed E-state index contributed by atoms with van der Waals surface area (Å²) < 4.78 is 36.6. The molecule has 4 heteroatoms. The Hall–Kier alpha value is -1.06. The molecule has 1 nitrogen and oxygen atoms in total. The van der Waals surface area contributed by atoms with Gasteiger partial charge < -0.3 is 0 Å². The first kappa shape index (κ1) is 7.05. The van der Waals surface area contributed by atoms with Crippen LogP contribution in [0.3, 0.4) is 0 Å². The molecule has 1 heterocycles. The molecule has 10 heavy (non-hydrogen) atoms. The van der Waals surface area contributed by atoms with Crippen molar-refractivity contribution in [2.24, 2.45) is 0 Å². The fourth-order valence-electron chi connectivity index (χ4n) is 0.531. The minimum absolute atomic E-state index is 0.140. The Kier molecular flexibility index (Phi) is 1.61. The Morgan fingerprint density at radius 3 is 2.30 bits per heavy atom. The summed E-state index contributed by atoms with van der Waals surface area (Å²) in [7, 11) is 0. The standard InChI is InChI=1S/C6H4F3N/c1-3-5(8)6(9)4(7)2-10-3/h2H,1H3. The molecule has 0 fully saturated rings.